The van der Waals surface area contributed by atoms with Crippen LogP contribution in [-0.4, -0.2) is 30.3 Å². The lowest BCUT2D eigenvalue weighted by molar-refractivity contribution is 0.0517. The van der Waals surface area contributed by atoms with Crippen molar-refractivity contribution in [3.05, 3.63) is 0 Å². The van der Waals surface area contributed by atoms with E-state index in [0.717, 1.165) is 32.1 Å². The molecule has 4 unspecified atom stereocenters. The van der Waals surface area contributed by atoms with E-state index in [4.69, 9.17) is 4.74 Å². The van der Waals surface area contributed by atoms with Crippen molar-refractivity contribution in [3.63, 3.8) is 0 Å². The summed E-state index contributed by atoms with van der Waals surface area (Å²) < 4.78 is 5.29. The van der Waals surface area contributed by atoms with Crippen molar-refractivity contribution in [2.24, 2.45) is 11.8 Å². The minimum Gasteiger partial charge on any atom is -0.444 e. The lowest BCUT2D eigenvalue weighted by atomic mass is 9.99. The van der Waals surface area contributed by atoms with Crippen molar-refractivity contribution >= 4 is 6.09 Å². The van der Waals surface area contributed by atoms with Crippen LogP contribution in [0.2, 0.25) is 0 Å². The number of alkyl carbamates (subject to hydrolysis) is 1. The summed E-state index contributed by atoms with van der Waals surface area (Å²) >= 11 is 0. The highest BCUT2D eigenvalue weighted by molar-refractivity contribution is 5.67. The Kier molecular flexibility index (Phi) is 5.69. The Labute approximate surface area is 133 Å². The molecule has 0 bridgehead atoms. The van der Waals surface area contributed by atoms with Crippen LogP contribution < -0.4 is 10.6 Å². The van der Waals surface area contributed by atoms with Crippen LogP contribution in [0.5, 0.6) is 0 Å². The van der Waals surface area contributed by atoms with Crippen LogP contribution in [0.1, 0.15) is 59.3 Å². The van der Waals surface area contributed by atoms with E-state index < -0.39 is 5.60 Å². The van der Waals surface area contributed by atoms with Crippen molar-refractivity contribution < 1.29 is 9.53 Å². The molecule has 0 spiro atoms. The van der Waals surface area contributed by atoms with E-state index in [-0.39, 0.29) is 12.0 Å². The molecule has 2 aliphatic carbocycles. The fourth-order valence-electron chi connectivity index (χ4n) is 3.62. The Hall–Kier alpha value is -1.28. The minimum absolute atomic E-state index is 0.153. The summed E-state index contributed by atoms with van der Waals surface area (Å²) in [4.78, 5) is 11.8. The van der Waals surface area contributed by atoms with Crippen LogP contribution in [0.15, 0.2) is 0 Å². The number of carbonyl (C=O) groups excluding carboxylic acids is 1. The first-order valence-corrected chi connectivity index (χ1v) is 8.51. The molecular formula is C17H29N3O2. The first-order valence-electron chi connectivity index (χ1n) is 8.51. The van der Waals surface area contributed by atoms with Crippen LogP contribution in [0.4, 0.5) is 4.79 Å². The zero-order valence-corrected chi connectivity index (χ0v) is 14.0. The monoisotopic (exact) mass is 307 g/mol. The molecule has 2 saturated carbocycles. The van der Waals surface area contributed by atoms with Crippen molar-refractivity contribution in [3.8, 4) is 6.07 Å². The van der Waals surface area contributed by atoms with E-state index in [9.17, 15) is 10.1 Å². The van der Waals surface area contributed by atoms with E-state index in [2.05, 4.69) is 16.7 Å². The molecule has 5 nitrogen and oxygen atoms in total. The predicted molar refractivity (Wildman–Crippen MR) is 85.2 cm³/mol. The molecular weight excluding hydrogens is 278 g/mol. The van der Waals surface area contributed by atoms with Crippen molar-refractivity contribution in [2.75, 3.05) is 6.54 Å². The van der Waals surface area contributed by atoms with Crippen LogP contribution in [-0.2, 0) is 4.74 Å². The zero-order chi connectivity index (χ0) is 16.2. The molecule has 2 fully saturated rings. The highest BCUT2D eigenvalue weighted by atomic mass is 16.6. The van der Waals surface area contributed by atoms with Crippen LogP contribution in [0.25, 0.3) is 0 Å². The van der Waals surface area contributed by atoms with E-state index in [1.54, 1.807) is 0 Å². The van der Waals surface area contributed by atoms with Gasteiger partial charge in [-0.2, -0.15) is 5.26 Å². The molecule has 2 aliphatic rings. The number of nitrogens with one attached hydrogen (secondary N) is 2. The second kappa shape index (κ2) is 7.32. The van der Waals surface area contributed by atoms with Gasteiger partial charge in [-0.3, -0.25) is 0 Å². The average Bonchev–Trinajstić information content (AvgIpc) is 3.04. The summed E-state index contributed by atoms with van der Waals surface area (Å²) in [5, 5.41) is 15.8. The minimum atomic E-state index is -0.457. The molecule has 0 radical (unpaired) electrons. The third-order valence-electron chi connectivity index (χ3n) is 4.68. The number of nitrogens with zero attached hydrogens (tertiary/aromatic N) is 1. The molecule has 0 aromatic heterocycles. The molecule has 0 aromatic rings. The van der Waals surface area contributed by atoms with Gasteiger partial charge in [-0.15, -0.1) is 0 Å². The molecule has 0 saturated heterocycles. The number of hydrogen-bond donors (Lipinski definition) is 2. The first kappa shape index (κ1) is 17.1. The predicted octanol–water partition coefficient (Wildman–Crippen LogP) is 2.96. The smallest absolute Gasteiger partial charge is 0.407 e. The third-order valence-corrected chi connectivity index (χ3v) is 4.68. The Morgan fingerprint density at radius 1 is 1.18 bits per heavy atom. The number of hydrogen-bond acceptors (Lipinski definition) is 4. The zero-order valence-electron chi connectivity index (χ0n) is 14.0. The maximum absolute atomic E-state index is 11.8. The fraction of sp³-hybridized carbons (Fsp3) is 0.882. The Balaban J connectivity index is 1.78. The second-order valence-electron chi connectivity index (χ2n) is 7.62. The third kappa shape index (κ3) is 4.88. The van der Waals surface area contributed by atoms with E-state index >= 15 is 0 Å². The van der Waals surface area contributed by atoms with Gasteiger partial charge < -0.3 is 15.4 Å². The first-order chi connectivity index (χ1) is 10.4. The number of nitriles is 1. The normalized spacial score (nSPS) is 31.7. The van der Waals surface area contributed by atoms with E-state index in [0.29, 0.717) is 24.5 Å². The molecule has 4 atom stereocenters. The largest absolute Gasteiger partial charge is 0.444 e. The SMILES string of the molecule is CC(C)(C)OC(=O)NCC1CCCC1NC1CCCC1C#N. The van der Waals surface area contributed by atoms with Crippen LogP contribution >= 0.6 is 0 Å². The lowest BCUT2D eigenvalue weighted by Gasteiger charge is -2.27. The quantitative estimate of drug-likeness (QED) is 0.837. The number of ether oxygens (including phenoxy) is 1. The molecule has 22 heavy (non-hydrogen) atoms. The summed E-state index contributed by atoms with van der Waals surface area (Å²) in [5.41, 5.74) is -0.457. The molecule has 0 heterocycles. The summed E-state index contributed by atoms with van der Waals surface area (Å²) in [6.45, 7) is 6.26. The topological polar surface area (TPSA) is 74.2 Å². The average molecular weight is 307 g/mol. The van der Waals surface area contributed by atoms with Gasteiger partial charge in [0.05, 0.1) is 12.0 Å². The molecule has 5 heteroatoms. The van der Waals surface area contributed by atoms with Gasteiger partial charge in [-0.1, -0.05) is 12.8 Å². The van der Waals surface area contributed by atoms with Crippen LogP contribution in [0, 0.1) is 23.2 Å². The van der Waals surface area contributed by atoms with Gasteiger partial charge in [0.1, 0.15) is 5.60 Å². The maximum Gasteiger partial charge on any atom is 0.407 e. The molecule has 2 N–H and O–H groups in total. The van der Waals surface area contributed by atoms with Gasteiger partial charge >= 0.3 is 6.09 Å². The molecule has 0 aromatic carbocycles. The lowest BCUT2D eigenvalue weighted by Crippen LogP contribution is -2.45. The summed E-state index contributed by atoms with van der Waals surface area (Å²) in [6, 6.07) is 3.17. The van der Waals surface area contributed by atoms with Crippen molar-refractivity contribution in [1.82, 2.24) is 10.6 Å². The molecule has 124 valence electrons. The van der Waals surface area contributed by atoms with Gasteiger partial charge in [0, 0.05) is 18.6 Å². The number of amides is 1. The molecule has 1 amide bonds. The Morgan fingerprint density at radius 3 is 2.55 bits per heavy atom. The highest BCUT2D eigenvalue weighted by Crippen LogP contribution is 2.30. The van der Waals surface area contributed by atoms with E-state index in [1.165, 1.54) is 6.42 Å². The second-order valence-corrected chi connectivity index (χ2v) is 7.62. The summed E-state index contributed by atoms with van der Waals surface area (Å²) in [6.07, 6.45) is 6.36. The summed E-state index contributed by atoms with van der Waals surface area (Å²) in [7, 11) is 0. The Bertz CT molecular complexity index is 425. The molecule has 0 aliphatic heterocycles. The van der Waals surface area contributed by atoms with Gasteiger partial charge in [-0.05, 0) is 52.4 Å². The summed E-state index contributed by atoms with van der Waals surface area (Å²) in [5.74, 6) is 0.590. The number of rotatable bonds is 4. The van der Waals surface area contributed by atoms with Gasteiger partial charge in [-0.25, -0.2) is 4.79 Å². The molecule has 2 rings (SSSR count). The van der Waals surface area contributed by atoms with E-state index in [1.807, 2.05) is 20.8 Å². The van der Waals surface area contributed by atoms with Crippen molar-refractivity contribution in [2.45, 2.75) is 77.0 Å². The van der Waals surface area contributed by atoms with Gasteiger partial charge in [0.25, 0.3) is 0 Å². The highest BCUT2D eigenvalue weighted by Gasteiger charge is 2.34. The number of carbonyl (C=O) groups is 1. The standard InChI is InChI=1S/C17H29N3O2/c1-17(2,3)22-16(21)19-11-13-7-5-9-15(13)20-14-8-4-6-12(14)10-18/h12-15,20H,4-9,11H2,1-3H3,(H,19,21). The van der Waals surface area contributed by atoms with Gasteiger partial charge in [0.15, 0.2) is 0 Å². The maximum atomic E-state index is 11.8. The van der Waals surface area contributed by atoms with Crippen LogP contribution in [0.3, 0.4) is 0 Å². The fourth-order valence-corrected chi connectivity index (χ4v) is 3.62. The van der Waals surface area contributed by atoms with Gasteiger partial charge in [0.2, 0.25) is 0 Å². The Morgan fingerprint density at radius 2 is 1.86 bits per heavy atom. The van der Waals surface area contributed by atoms with Crippen molar-refractivity contribution in [1.29, 1.82) is 5.26 Å².